The molecule has 0 aromatic rings. The number of hydrogen-bond acceptors (Lipinski definition) is 3. The molecule has 2 rings (SSSR count). The minimum Gasteiger partial charge on any atom is -0.335 e. The van der Waals surface area contributed by atoms with Crippen LogP contribution in [0.25, 0.3) is 0 Å². The van der Waals surface area contributed by atoms with Crippen LogP contribution in [-0.2, 0) is 10.0 Å². The van der Waals surface area contributed by atoms with E-state index in [1.165, 1.54) is 4.90 Å². The predicted octanol–water partition coefficient (Wildman–Crippen LogP) is 0.257. The van der Waals surface area contributed by atoms with Crippen molar-refractivity contribution in [2.45, 2.75) is 25.1 Å². The third-order valence-corrected chi connectivity index (χ3v) is 4.50. The van der Waals surface area contributed by atoms with Crippen LogP contribution in [0.1, 0.15) is 12.8 Å². The van der Waals surface area contributed by atoms with Crippen LogP contribution in [0.4, 0.5) is 18.0 Å². The summed E-state index contributed by atoms with van der Waals surface area (Å²) < 4.78 is 58.8. The van der Waals surface area contributed by atoms with Crippen LogP contribution in [0.15, 0.2) is 0 Å². The first kappa shape index (κ1) is 15.4. The average Bonchev–Trinajstić information content (AvgIpc) is 2.87. The molecule has 0 aromatic carbocycles. The van der Waals surface area contributed by atoms with E-state index >= 15 is 0 Å². The van der Waals surface area contributed by atoms with Gasteiger partial charge in [-0.05, 0) is 18.8 Å². The summed E-state index contributed by atoms with van der Waals surface area (Å²) in [5.41, 5.74) is 0. The first-order chi connectivity index (χ1) is 9.06. The monoisotopic (exact) mass is 315 g/mol. The molecule has 1 saturated heterocycles. The number of carbonyl (C=O) groups excluding carboxylic acids is 1. The summed E-state index contributed by atoms with van der Waals surface area (Å²) in [5.74, 6) is -1.94. The maximum absolute atomic E-state index is 12.3. The van der Waals surface area contributed by atoms with E-state index in [9.17, 15) is 26.4 Å². The number of primary sulfonamides is 1. The smallest absolute Gasteiger partial charge is 0.335 e. The molecule has 0 radical (unpaired) electrons. The van der Waals surface area contributed by atoms with Gasteiger partial charge in [0.05, 0.1) is 11.7 Å². The van der Waals surface area contributed by atoms with Crippen LogP contribution in [0.3, 0.4) is 0 Å². The van der Waals surface area contributed by atoms with Crippen LogP contribution >= 0.6 is 0 Å². The van der Waals surface area contributed by atoms with E-state index in [1.54, 1.807) is 0 Å². The van der Waals surface area contributed by atoms with Gasteiger partial charge >= 0.3 is 12.2 Å². The first-order valence-corrected chi connectivity index (χ1v) is 7.90. The number of likely N-dealkylation sites (tertiary alicyclic amines) is 1. The number of nitrogens with one attached hydrogen (secondary N) is 1. The Bertz CT molecular complexity index is 494. The normalized spacial score (nSPS) is 30.4. The van der Waals surface area contributed by atoms with Gasteiger partial charge in [0.25, 0.3) is 0 Å². The molecule has 3 N–H and O–H groups in total. The van der Waals surface area contributed by atoms with Crippen LogP contribution in [0, 0.1) is 11.8 Å². The number of amides is 2. The highest BCUT2D eigenvalue weighted by Gasteiger charge is 2.56. The van der Waals surface area contributed by atoms with Gasteiger partial charge in [0.15, 0.2) is 0 Å². The Morgan fingerprint density at radius 3 is 2.55 bits per heavy atom. The molecular weight excluding hydrogens is 299 g/mol. The van der Waals surface area contributed by atoms with E-state index in [1.807, 2.05) is 0 Å². The molecule has 1 aliphatic carbocycles. The SMILES string of the molecule is NS(=O)(=O)CC1CCN(C(=O)N[C@H]2C[C@@H]2C(F)(F)F)C1. The number of hydrogen-bond donors (Lipinski definition) is 2. The third-order valence-electron chi connectivity index (χ3n) is 3.56. The fraction of sp³-hybridized carbons (Fsp3) is 0.900. The zero-order chi connectivity index (χ0) is 15.1. The average molecular weight is 315 g/mol. The molecule has 116 valence electrons. The minimum absolute atomic E-state index is 0.0936. The Morgan fingerprint density at radius 1 is 1.40 bits per heavy atom. The highest BCUT2D eigenvalue weighted by Crippen LogP contribution is 2.44. The molecule has 1 saturated carbocycles. The van der Waals surface area contributed by atoms with Gasteiger partial charge < -0.3 is 10.2 Å². The number of urea groups is 1. The molecular formula is C10H16F3N3O3S. The molecule has 6 nitrogen and oxygen atoms in total. The van der Waals surface area contributed by atoms with Crippen molar-refractivity contribution in [2.75, 3.05) is 18.8 Å². The van der Waals surface area contributed by atoms with Crippen molar-refractivity contribution < 1.29 is 26.4 Å². The molecule has 10 heteroatoms. The molecule has 0 spiro atoms. The minimum atomic E-state index is -4.28. The molecule has 2 fully saturated rings. The Labute approximate surface area is 114 Å². The van der Waals surface area contributed by atoms with Gasteiger partial charge in [-0.1, -0.05) is 0 Å². The van der Waals surface area contributed by atoms with E-state index in [2.05, 4.69) is 5.32 Å². The molecule has 3 atom stereocenters. The molecule has 2 amide bonds. The van der Waals surface area contributed by atoms with Crippen LogP contribution in [0.2, 0.25) is 0 Å². The Morgan fingerprint density at radius 2 is 2.05 bits per heavy atom. The third kappa shape index (κ3) is 3.98. The molecule has 0 bridgehead atoms. The number of carbonyl (C=O) groups is 1. The van der Waals surface area contributed by atoms with Crippen molar-refractivity contribution in [3.63, 3.8) is 0 Å². The van der Waals surface area contributed by atoms with Crippen LogP contribution in [0.5, 0.6) is 0 Å². The van der Waals surface area contributed by atoms with Gasteiger partial charge in [-0.15, -0.1) is 0 Å². The fourth-order valence-electron chi connectivity index (χ4n) is 2.45. The van der Waals surface area contributed by atoms with Gasteiger partial charge in [0, 0.05) is 19.1 Å². The van der Waals surface area contributed by atoms with Gasteiger partial charge in [-0.25, -0.2) is 18.4 Å². The Hall–Kier alpha value is -1.03. The Balaban J connectivity index is 1.78. The highest BCUT2D eigenvalue weighted by atomic mass is 32.2. The van der Waals surface area contributed by atoms with E-state index in [4.69, 9.17) is 5.14 Å². The first-order valence-electron chi connectivity index (χ1n) is 6.19. The Kier molecular flexibility index (Phi) is 3.89. The lowest BCUT2D eigenvalue weighted by atomic mass is 10.2. The van der Waals surface area contributed by atoms with Gasteiger partial charge in [0.2, 0.25) is 10.0 Å². The van der Waals surface area contributed by atoms with E-state index in [0.29, 0.717) is 13.0 Å². The van der Waals surface area contributed by atoms with Crippen LogP contribution < -0.4 is 10.5 Å². The van der Waals surface area contributed by atoms with E-state index in [0.717, 1.165) is 0 Å². The van der Waals surface area contributed by atoms with E-state index in [-0.39, 0.29) is 24.6 Å². The van der Waals surface area contributed by atoms with Crippen molar-refractivity contribution in [3.05, 3.63) is 0 Å². The van der Waals surface area contributed by atoms with Crippen molar-refractivity contribution in [3.8, 4) is 0 Å². The van der Waals surface area contributed by atoms with Crippen molar-refractivity contribution >= 4 is 16.1 Å². The van der Waals surface area contributed by atoms with E-state index < -0.39 is 34.2 Å². The van der Waals surface area contributed by atoms with Gasteiger partial charge in [-0.2, -0.15) is 13.2 Å². The summed E-state index contributed by atoms with van der Waals surface area (Å²) in [6.07, 6.45) is -3.89. The largest absolute Gasteiger partial charge is 0.393 e. The maximum Gasteiger partial charge on any atom is 0.393 e. The number of alkyl halides is 3. The highest BCUT2D eigenvalue weighted by molar-refractivity contribution is 7.89. The molecule has 1 aliphatic heterocycles. The number of nitrogens with zero attached hydrogens (tertiary/aromatic N) is 1. The molecule has 2 aliphatic rings. The zero-order valence-electron chi connectivity index (χ0n) is 10.6. The van der Waals surface area contributed by atoms with Crippen LogP contribution in [-0.4, -0.2) is 50.4 Å². The molecule has 0 aromatic heterocycles. The summed E-state index contributed by atoms with van der Waals surface area (Å²) in [5, 5.41) is 7.24. The van der Waals surface area contributed by atoms with Crippen molar-refractivity contribution in [1.82, 2.24) is 10.2 Å². The fourth-order valence-corrected chi connectivity index (χ4v) is 3.38. The summed E-state index contributed by atoms with van der Waals surface area (Å²) in [6, 6.07) is -1.43. The summed E-state index contributed by atoms with van der Waals surface area (Å²) >= 11 is 0. The zero-order valence-corrected chi connectivity index (χ0v) is 11.4. The summed E-state index contributed by atoms with van der Waals surface area (Å²) in [4.78, 5) is 13.1. The van der Waals surface area contributed by atoms with Gasteiger partial charge in [0.1, 0.15) is 0 Å². The topological polar surface area (TPSA) is 92.5 Å². The van der Waals surface area contributed by atoms with Gasteiger partial charge in [-0.3, -0.25) is 0 Å². The van der Waals surface area contributed by atoms with Crippen molar-refractivity contribution in [2.24, 2.45) is 17.0 Å². The molecule has 20 heavy (non-hydrogen) atoms. The lowest BCUT2D eigenvalue weighted by Crippen LogP contribution is -2.41. The molecule has 1 heterocycles. The second kappa shape index (κ2) is 5.06. The second-order valence-electron chi connectivity index (χ2n) is 5.37. The number of halogens is 3. The quantitative estimate of drug-likeness (QED) is 0.782. The summed E-state index contributed by atoms with van der Waals surface area (Å²) in [6.45, 7) is 0.529. The lowest BCUT2D eigenvalue weighted by molar-refractivity contribution is -0.148. The lowest BCUT2D eigenvalue weighted by Gasteiger charge is -2.17. The standard InChI is InChI=1S/C10H16F3N3O3S/c11-10(12,13)7-3-8(7)15-9(17)16-2-1-6(4-16)5-20(14,18)19/h6-8H,1-5H2,(H,15,17)(H2,14,18,19)/t6?,7-,8-/m0/s1. The maximum atomic E-state index is 12.3. The number of sulfonamides is 1. The second-order valence-corrected chi connectivity index (χ2v) is 7.03. The summed E-state index contributed by atoms with van der Waals surface area (Å²) in [7, 11) is -3.60. The molecule has 1 unspecified atom stereocenters. The predicted molar refractivity (Wildman–Crippen MR) is 64.1 cm³/mol. The number of rotatable bonds is 3. The van der Waals surface area contributed by atoms with Crippen molar-refractivity contribution in [1.29, 1.82) is 0 Å². The number of nitrogens with two attached hydrogens (primary N) is 1.